The van der Waals surface area contributed by atoms with Crippen molar-refractivity contribution in [2.75, 3.05) is 0 Å². The molecule has 0 spiro atoms. The largest absolute Gasteiger partial charge is 0.393 e. The van der Waals surface area contributed by atoms with Crippen LogP contribution in [0.2, 0.25) is 0 Å². The zero-order valence-electron chi connectivity index (χ0n) is 10.9. The quantitative estimate of drug-likeness (QED) is 0.779. The first-order chi connectivity index (χ1) is 8.11. The number of aliphatic hydroxyl groups is 1. The molecule has 0 aliphatic heterocycles. The molecule has 0 unspecified atom stereocenters. The average Bonchev–Trinajstić information content (AvgIpc) is 2.45. The second-order valence-electron chi connectivity index (χ2n) is 5.34. The lowest BCUT2D eigenvalue weighted by molar-refractivity contribution is 0.0848. The molecule has 0 amide bonds. The summed E-state index contributed by atoms with van der Waals surface area (Å²) in [5.41, 5.74) is 2.69. The minimum Gasteiger partial charge on any atom is -0.393 e. The van der Waals surface area contributed by atoms with E-state index >= 15 is 0 Å². The third-order valence-electron chi connectivity index (χ3n) is 4.40. The summed E-state index contributed by atoms with van der Waals surface area (Å²) in [5, 5.41) is 10.1. The summed E-state index contributed by atoms with van der Waals surface area (Å²) < 4.78 is 0. The fourth-order valence-electron chi connectivity index (χ4n) is 2.75. The van der Waals surface area contributed by atoms with E-state index in [1.807, 2.05) is 6.07 Å². The first-order valence-corrected chi connectivity index (χ1v) is 6.54. The first kappa shape index (κ1) is 12.4. The van der Waals surface area contributed by atoms with Gasteiger partial charge in [0.25, 0.3) is 0 Å². The van der Waals surface area contributed by atoms with Crippen LogP contribution in [-0.4, -0.2) is 11.2 Å². The molecule has 2 rings (SSSR count). The molecule has 92 valence electrons. The van der Waals surface area contributed by atoms with Crippen molar-refractivity contribution in [1.82, 2.24) is 0 Å². The maximum absolute atomic E-state index is 10.1. The Bertz CT molecular complexity index is 393. The van der Waals surface area contributed by atoms with Gasteiger partial charge < -0.3 is 5.11 Å². The van der Waals surface area contributed by atoms with Crippen molar-refractivity contribution in [3.8, 4) is 0 Å². The topological polar surface area (TPSA) is 20.2 Å². The van der Waals surface area contributed by atoms with E-state index in [1.165, 1.54) is 11.1 Å². The van der Waals surface area contributed by atoms with Crippen LogP contribution in [-0.2, 0) is 0 Å². The highest BCUT2D eigenvalue weighted by molar-refractivity contribution is 5.67. The first-order valence-electron chi connectivity index (χ1n) is 6.54. The van der Waals surface area contributed by atoms with E-state index in [9.17, 15) is 5.11 Å². The predicted molar refractivity (Wildman–Crippen MR) is 72.5 cm³/mol. The fourth-order valence-corrected chi connectivity index (χ4v) is 2.75. The molecule has 0 saturated carbocycles. The summed E-state index contributed by atoms with van der Waals surface area (Å²) in [7, 11) is 0. The summed E-state index contributed by atoms with van der Waals surface area (Å²) in [6.45, 7) is 6.69. The van der Waals surface area contributed by atoms with Crippen molar-refractivity contribution < 1.29 is 5.11 Å². The molecule has 1 nitrogen and oxygen atoms in total. The SMILES string of the molecule is C[C@@H]1[C@H](C)[C@@H](O)CC=C(c2ccccc2)[C@@H]1C. The summed E-state index contributed by atoms with van der Waals surface area (Å²) in [6, 6.07) is 10.5. The van der Waals surface area contributed by atoms with E-state index in [0.29, 0.717) is 17.8 Å². The highest BCUT2D eigenvalue weighted by atomic mass is 16.3. The number of hydrogen-bond donors (Lipinski definition) is 1. The fraction of sp³-hybridized carbons (Fsp3) is 0.500. The minimum absolute atomic E-state index is 0.200. The lowest BCUT2D eigenvalue weighted by Crippen LogP contribution is -2.25. The van der Waals surface area contributed by atoms with Crippen LogP contribution < -0.4 is 0 Å². The van der Waals surface area contributed by atoms with Gasteiger partial charge in [-0.2, -0.15) is 0 Å². The zero-order valence-corrected chi connectivity index (χ0v) is 10.9. The third kappa shape index (κ3) is 2.44. The number of aliphatic hydroxyl groups excluding tert-OH is 1. The Kier molecular flexibility index (Phi) is 3.68. The molecule has 1 aliphatic carbocycles. The normalized spacial score (nSPS) is 34.0. The molecule has 0 fully saturated rings. The van der Waals surface area contributed by atoms with E-state index < -0.39 is 0 Å². The van der Waals surface area contributed by atoms with Crippen molar-refractivity contribution in [3.63, 3.8) is 0 Å². The van der Waals surface area contributed by atoms with E-state index in [4.69, 9.17) is 0 Å². The molecule has 1 N–H and O–H groups in total. The Morgan fingerprint density at radius 1 is 1.00 bits per heavy atom. The van der Waals surface area contributed by atoms with Crippen LogP contribution >= 0.6 is 0 Å². The van der Waals surface area contributed by atoms with Crippen molar-refractivity contribution in [3.05, 3.63) is 42.0 Å². The zero-order chi connectivity index (χ0) is 12.4. The second-order valence-corrected chi connectivity index (χ2v) is 5.34. The number of rotatable bonds is 1. The predicted octanol–water partition coefficient (Wildman–Crippen LogP) is 3.74. The van der Waals surface area contributed by atoms with Gasteiger partial charge in [-0.25, -0.2) is 0 Å². The van der Waals surface area contributed by atoms with E-state index in [2.05, 4.69) is 51.1 Å². The van der Waals surface area contributed by atoms with Crippen LogP contribution in [0.15, 0.2) is 36.4 Å². The van der Waals surface area contributed by atoms with Crippen LogP contribution in [0.4, 0.5) is 0 Å². The van der Waals surface area contributed by atoms with Crippen LogP contribution in [0.1, 0.15) is 32.8 Å². The summed E-state index contributed by atoms with van der Waals surface area (Å²) in [4.78, 5) is 0. The second kappa shape index (κ2) is 5.05. The molecule has 4 atom stereocenters. The average molecular weight is 230 g/mol. The van der Waals surface area contributed by atoms with Crippen LogP contribution in [0.3, 0.4) is 0 Å². The Balaban J connectivity index is 2.34. The Morgan fingerprint density at radius 3 is 2.29 bits per heavy atom. The summed E-state index contributed by atoms with van der Waals surface area (Å²) in [6.07, 6.45) is 2.80. The van der Waals surface area contributed by atoms with Gasteiger partial charge in [0.2, 0.25) is 0 Å². The third-order valence-corrected chi connectivity index (χ3v) is 4.40. The van der Waals surface area contributed by atoms with E-state index in [0.717, 1.165) is 6.42 Å². The minimum atomic E-state index is -0.200. The molecular formula is C16H22O. The molecule has 0 bridgehead atoms. The number of benzene rings is 1. The Labute approximate surface area is 104 Å². The van der Waals surface area contributed by atoms with Gasteiger partial charge in [0.1, 0.15) is 0 Å². The molecule has 1 aromatic carbocycles. The maximum Gasteiger partial charge on any atom is 0.0603 e. The molecule has 0 radical (unpaired) electrons. The highest BCUT2D eigenvalue weighted by Crippen LogP contribution is 2.37. The molecular weight excluding hydrogens is 208 g/mol. The van der Waals surface area contributed by atoms with Crippen molar-refractivity contribution in [2.45, 2.75) is 33.3 Å². The van der Waals surface area contributed by atoms with Gasteiger partial charge in [-0.3, -0.25) is 0 Å². The van der Waals surface area contributed by atoms with Crippen LogP contribution in [0.5, 0.6) is 0 Å². The maximum atomic E-state index is 10.1. The lowest BCUT2D eigenvalue weighted by atomic mass is 9.79. The lowest BCUT2D eigenvalue weighted by Gasteiger charge is -2.27. The van der Waals surface area contributed by atoms with E-state index in [-0.39, 0.29) is 6.10 Å². The number of allylic oxidation sites excluding steroid dienone is 1. The molecule has 17 heavy (non-hydrogen) atoms. The van der Waals surface area contributed by atoms with Gasteiger partial charge in [0.15, 0.2) is 0 Å². The van der Waals surface area contributed by atoms with Gasteiger partial charge in [-0.15, -0.1) is 0 Å². The Morgan fingerprint density at radius 2 is 1.65 bits per heavy atom. The van der Waals surface area contributed by atoms with Gasteiger partial charge in [0.05, 0.1) is 6.10 Å². The smallest absolute Gasteiger partial charge is 0.0603 e. The molecule has 0 saturated heterocycles. The monoisotopic (exact) mass is 230 g/mol. The van der Waals surface area contributed by atoms with Crippen molar-refractivity contribution >= 4 is 5.57 Å². The molecule has 0 heterocycles. The van der Waals surface area contributed by atoms with Crippen LogP contribution in [0.25, 0.3) is 5.57 Å². The molecule has 1 aliphatic rings. The van der Waals surface area contributed by atoms with Crippen LogP contribution in [0, 0.1) is 17.8 Å². The molecule has 0 aromatic heterocycles. The highest BCUT2D eigenvalue weighted by Gasteiger charge is 2.29. The summed E-state index contributed by atoms with van der Waals surface area (Å²) >= 11 is 0. The van der Waals surface area contributed by atoms with E-state index in [1.54, 1.807) is 0 Å². The number of hydrogen-bond acceptors (Lipinski definition) is 1. The molecule has 1 aromatic rings. The van der Waals surface area contributed by atoms with Gasteiger partial charge in [-0.05, 0) is 35.3 Å². The van der Waals surface area contributed by atoms with Gasteiger partial charge in [0, 0.05) is 0 Å². The van der Waals surface area contributed by atoms with Crippen molar-refractivity contribution in [1.29, 1.82) is 0 Å². The standard InChI is InChI=1S/C16H22O/c1-11-12(2)15(9-10-16(17)13(11)3)14-7-5-4-6-8-14/h4-9,11-13,16-17H,10H2,1-3H3/t11-,12+,13-,16-/m0/s1. The molecule has 1 heteroatoms. The van der Waals surface area contributed by atoms with Gasteiger partial charge in [-0.1, -0.05) is 57.2 Å². The Hall–Kier alpha value is -1.08. The van der Waals surface area contributed by atoms with Crippen molar-refractivity contribution in [2.24, 2.45) is 17.8 Å². The summed E-state index contributed by atoms with van der Waals surface area (Å²) in [5.74, 6) is 1.38. The van der Waals surface area contributed by atoms with Gasteiger partial charge >= 0.3 is 0 Å².